The molecule has 0 spiro atoms. The van der Waals surface area contributed by atoms with Crippen molar-refractivity contribution in [3.05, 3.63) is 24.3 Å². The van der Waals surface area contributed by atoms with E-state index in [9.17, 15) is 18.0 Å². The molecule has 8 nitrogen and oxygen atoms in total. The molecule has 30 heavy (non-hydrogen) atoms. The third-order valence-corrected chi connectivity index (χ3v) is 7.76. The third-order valence-electron chi connectivity index (χ3n) is 5.91. The molecule has 1 aliphatic carbocycles. The lowest BCUT2D eigenvalue weighted by molar-refractivity contribution is -0.137. The van der Waals surface area contributed by atoms with E-state index in [-0.39, 0.29) is 34.8 Å². The highest BCUT2D eigenvalue weighted by molar-refractivity contribution is 7.89. The Morgan fingerprint density at radius 2 is 1.67 bits per heavy atom. The molecular weight excluding hydrogens is 406 g/mol. The second kappa shape index (κ2) is 8.28. The number of ether oxygens (including phenoxy) is 1. The van der Waals surface area contributed by atoms with Crippen molar-refractivity contribution >= 4 is 27.5 Å². The van der Waals surface area contributed by atoms with Gasteiger partial charge >= 0.3 is 0 Å². The summed E-state index contributed by atoms with van der Waals surface area (Å²) in [6.45, 7) is 4.98. The SMILES string of the molecule is CC1CN(S(=O)(=O)c2ccc(NC(=O)C3CCCN3C(=O)C3CC3)cc2)CC(C)O1. The van der Waals surface area contributed by atoms with E-state index in [1.54, 1.807) is 17.0 Å². The first kappa shape index (κ1) is 21.3. The summed E-state index contributed by atoms with van der Waals surface area (Å²) < 4.78 is 33.0. The molecule has 4 rings (SSSR count). The van der Waals surface area contributed by atoms with Crippen molar-refractivity contribution in [2.75, 3.05) is 25.0 Å². The zero-order valence-electron chi connectivity index (χ0n) is 17.4. The van der Waals surface area contributed by atoms with Crippen LogP contribution in [0.1, 0.15) is 39.5 Å². The van der Waals surface area contributed by atoms with E-state index in [4.69, 9.17) is 4.74 Å². The van der Waals surface area contributed by atoms with Crippen LogP contribution < -0.4 is 5.32 Å². The van der Waals surface area contributed by atoms with Crippen LogP contribution in [-0.4, -0.2) is 67.3 Å². The minimum Gasteiger partial charge on any atom is -0.373 e. The molecular formula is C21H29N3O5S. The van der Waals surface area contributed by atoms with Gasteiger partial charge in [0, 0.05) is 31.2 Å². The Kier molecular flexibility index (Phi) is 5.87. The maximum Gasteiger partial charge on any atom is 0.247 e. The Bertz CT molecular complexity index is 903. The molecule has 3 atom stereocenters. The standard InChI is InChI=1S/C21H29N3O5S/c1-14-12-23(13-15(2)29-14)30(27,28)18-9-7-17(8-10-18)22-20(25)19-4-3-11-24(19)21(26)16-5-6-16/h7-10,14-16,19H,3-6,11-13H2,1-2H3,(H,22,25). The van der Waals surface area contributed by atoms with Gasteiger partial charge in [-0.25, -0.2) is 8.42 Å². The maximum absolute atomic E-state index is 12.9. The third kappa shape index (κ3) is 4.38. The van der Waals surface area contributed by atoms with Gasteiger partial charge in [0.2, 0.25) is 21.8 Å². The fourth-order valence-corrected chi connectivity index (χ4v) is 5.87. The van der Waals surface area contributed by atoms with Crippen molar-refractivity contribution < 1.29 is 22.7 Å². The Balaban J connectivity index is 1.42. The molecule has 3 unspecified atom stereocenters. The summed E-state index contributed by atoms with van der Waals surface area (Å²) in [5.41, 5.74) is 0.522. The van der Waals surface area contributed by atoms with Gasteiger partial charge in [0.15, 0.2) is 0 Å². The molecule has 2 heterocycles. The van der Waals surface area contributed by atoms with Crippen molar-refractivity contribution in [1.29, 1.82) is 0 Å². The van der Waals surface area contributed by atoms with E-state index in [1.807, 2.05) is 13.8 Å². The number of likely N-dealkylation sites (tertiary alicyclic amines) is 1. The normalized spacial score (nSPS) is 27.8. The van der Waals surface area contributed by atoms with Gasteiger partial charge in [-0.2, -0.15) is 4.31 Å². The number of carbonyl (C=O) groups is 2. The second-order valence-corrected chi connectivity index (χ2v) is 10.5. The van der Waals surface area contributed by atoms with Crippen LogP contribution in [0.4, 0.5) is 5.69 Å². The van der Waals surface area contributed by atoms with Gasteiger partial charge in [0.25, 0.3) is 0 Å². The Hall–Kier alpha value is -1.97. The lowest BCUT2D eigenvalue weighted by Gasteiger charge is -2.34. The van der Waals surface area contributed by atoms with Gasteiger partial charge in [0.05, 0.1) is 17.1 Å². The molecule has 2 saturated heterocycles. The van der Waals surface area contributed by atoms with E-state index in [1.165, 1.54) is 16.4 Å². The zero-order chi connectivity index (χ0) is 21.5. The van der Waals surface area contributed by atoms with Crippen LogP contribution in [0.15, 0.2) is 29.2 Å². The average molecular weight is 436 g/mol. The summed E-state index contributed by atoms with van der Waals surface area (Å²) in [5, 5.41) is 2.84. The smallest absolute Gasteiger partial charge is 0.247 e. The van der Waals surface area contributed by atoms with Crippen LogP contribution in [0.5, 0.6) is 0 Å². The summed E-state index contributed by atoms with van der Waals surface area (Å²) in [5.74, 6) is -0.0375. The summed E-state index contributed by atoms with van der Waals surface area (Å²) in [4.78, 5) is 27.0. The van der Waals surface area contributed by atoms with Crippen molar-refractivity contribution in [2.45, 2.75) is 62.7 Å². The van der Waals surface area contributed by atoms with Crippen molar-refractivity contribution in [3.63, 3.8) is 0 Å². The number of sulfonamides is 1. The van der Waals surface area contributed by atoms with Gasteiger partial charge in [-0.1, -0.05) is 0 Å². The molecule has 1 saturated carbocycles. The number of nitrogens with one attached hydrogen (secondary N) is 1. The summed E-state index contributed by atoms with van der Waals surface area (Å²) >= 11 is 0. The molecule has 2 aliphatic heterocycles. The Labute approximate surface area is 177 Å². The monoisotopic (exact) mass is 435 g/mol. The van der Waals surface area contributed by atoms with Gasteiger partial charge in [0.1, 0.15) is 6.04 Å². The number of carbonyl (C=O) groups excluding carboxylic acids is 2. The van der Waals surface area contributed by atoms with Crippen LogP contribution in [0, 0.1) is 5.92 Å². The predicted molar refractivity (Wildman–Crippen MR) is 111 cm³/mol. The molecule has 1 aromatic rings. The average Bonchev–Trinajstić information content (AvgIpc) is 3.43. The number of hydrogen-bond acceptors (Lipinski definition) is 5. The van der Waals surface area contributed by atoms with E-state index in [0.717, 1.165) is 19.3 Å². The van der Waals surface area contributed by atoms with Crippen LogP contribution in [-0.2, 0) is 24.3 Å². The number of amides is 2. The number of nitrogens with zero attached hydrogens (tertiary/aromatic N) is 2. The van der Waals surface area contributed by atoms with Crippen LogP contribution in [0.25, 0.3) is 0 Å². The summed E-state index contributed by atoms with van der Waals surface area (Å²) in [6.07, 6.45) is 3.00. The predicted octanol–water partition coefficient (Wildman–Crippen LogP) is 1.82. The Morgan fingerprint density at radius 3 is 2.27 bits per heavy atom. The summed E-state index contributed by atoms with van der Waals surface area (Å²) in [6, 6.07) is 5.77. The van der Waals surface area contributed by atoms with E-state index in [0.29, 0.717) is 31.7 Å². The zero-order valence-corrected chi connectivity index (χ0v) is 18.2. The maximum atomic E-state index is 12.9. The van der Waals surface area contributed by atoms with Gasteiger partial charge in [-0.15, -0.1) is 0 Å². The Morgan fingerprint density at radius 1 is 1.03 bits per heavy atom. The van der Waals surface area contributed by atoms with Crippen molar-refractivity contribution in [2.24, 2.45) is 5.92 Å². The fourth-order valence-electron chi connectivity index (χ4n) is 4.28. The quantitative estimate of drug-likeness (QED) is 0.761. The molecule has 3 aliphatic rings. The number of benzene rings is 1. The number of morpholine rings is 1. The van der Waals surface area contributed by atoms with E-state index < -0.39 is 16.1 Å². The topological polar surface area (TPSA) is 96.0 Å². The van der Waals surface area contributed by atoms with E-state index >= 15 is 0 Å². The molecule has 0 aromatic heterocycles. The van der Waals surface area contributed by atoms with E-state index in [2.05, 4.69) is 5.32 Å². The molecule has 3 fully saturated rings. The van der Waals surface area contributed by atoms with Crippen LogP contribution >= 0.6 is 0 Å². The van der Waals surface area contributed by atoms with Gasteiger partial charge in [-0.3, -0.25) is 9.59 Å². The lowest BCUT2D eigenvalue weighted by Crippen LogP contribution is -2.48. The number of rotatable bonds is 5. The minimum atomic E-state index is -3.62. The summed E-state index contributed by atoms with van der Waals surface area (Å²) in [7, 11) is -3.62. The lowest BCUT2D eigenvalue weighted by atomic mass is 10.2. The molecule has 2 amide bonds. The van der Waals surface area contributed by atoms with Crippen molar-refractivity contribution in [1.82, 2.24) is 9.21 Å². The number of anilines is 1. The second-order valence-electron chi connectivity index (χ2n) is 8.56. The van der Waals surface area contributed by atoms with Crippen molar-refractivity contribution in [3.8, 4) is 0 Å². The first-order valence-electron chi connectivity index (χ1n) is 10.6. The highest BCUT2D eigenvalue weighted by Crippen LogP contribution is 2.34. The molecule has 0 radical (unpaired) electrons. The van der Waals surface area contributed by atoms with Gasteiger partial charge < -0.3 is 15.0 Å². The minimum absolute atomic E-state index is 0.0862. The molecule has 1 N–H and O–H groups in total. The first-order chi connectivity index (χ1) is 14.3. The van der Waals surface area contributed by atoms with Crippen LogP contribution in [0.3, 0.4) is 0 Å². The first-order valence-corrected chi connectivity index (χ1v) is 12.1. The molecule has 164 valence electrons. The largest absolute Gasteiger partial charge is 0.373 e. The van der Waals surface area contributed by atoms with Crippen LogP contribution in [0.2, 0.25) is 0 Å². The fraction of sp³-hybridized carbons (Fsp3) is 0.619. The molecule has 0 bridgehead atoms. The molecule has 9 heteroatoms. The van der Waals surface area contributed by atoms with Gasteiger partial charge in [-0.05, 0) is 63.8 Å². The highest BCUT2D eigenvalue weighted by atomic mass is 32.2. The number of hydrogen-bond donors (Lipinski definition) is 1. The highest BCUT2D eigenvalue weighted by Gasteiger charge is 2.41. The molecule has 1 aromatic carbocycles.